The molecular formula is C10H9ClN4OS. The topological polar surface area (TPSA) is 88.8 Å². The normalized spacial score (nSPS) is 10.4. The summed E-state index contributed by atoms with van der Waals surface area (Å²) >= 11 is 6.92. The molecule has 0 fully saturated rings. The molecule has 0 radical (unpaired) electrons. The third-order valence-electron chi connectivity index (χ3n) is 1.91. The van der Waals surface area contributed by atoms with Gasteiger partial charge in [0.15, 0.2) is 5.17 Å². The Hall–Kier alpha value is -1.53. The lowest BCUT2D eigenvalue weighted by Gasteiger charge is -1.94. The van der Waals surface area contributed by atoms with Crippen LogP contribution in [0, 0.1) is 5.41 Å². The van der Waals surface area contributed by atoms with Gasteiger partial charge in [-0.05, 0) is 24.3 Å². The highest BCUT2D eigenvalue weighted by molar-refractivity contribution is 8.12. The first-order valence-corrected chi connectivity index (χ1v) is 6.06. The molecule has 1 heterocycles. The van der Waals surface area contributed by atoms with Gasteiger partial charge in [-0.15, -0.1) is 10.2 Å². The minimum atomic E-state index is 0.0243. The van der Waals surface area contributed by atoms with Crippen molar-refractivity contribution in [3.05, 3.63) is 35.2 Å². The molecule has 0 bridgehead atoms. The summed E-state index contributed by atoms with van der Waals surface area (Å²) in [6.07, 6.45) is 0. The van der Waals surface area contributed by atoms with E-state index in [1.807, 2.05) is 0 Å². The maximum absolute atomic E-state index is 7.07. The Kier molecular flexibility index (Phi) is 3.65. The van der Waals surface area contributed by atoms with Crippen LogP contribution in [0.4, 0.5) is 0 Å². The van der Waals surface area contributed by atoms with Crippen LogP contribution in [0.2, 0.25) is 5.02 Å². The van der Waals surface area contributed by atoms with Gasteiger partial charge in [0.1, 0.15) is 0 Å². The molecule has 7 heteroatoms. The van der Waals surface area contributed by atoms with Gasteiger partial charge in [0.25, 0.3) is 0 Å². The molecule has 1 aromatic carbocycles. The van der Waals surface area contributed by atoms with Gasteiger partial charge < -0.3 is 10.2 Å². The lowest BCUT2D eigenvalue weighted by molar-refractivity contribution is 0.529. The van der Waals surface area contributed by atoms with Crippen LogP contribution in [0.25, 0.3) is 11.5 Å². The number of benzene rings is 1. The number of rotatable bonds is 3. The molecule has 1 aromatic heterocycles. The third kappa shape index (κ3) is 3.21. The van der Waals surface area contributed by atoms with Gasteiger partial charge in [0.2, 0.25) is 11.8 Å². The van der Waals surface area contributed by atoms with Crippen LogP contribution < -0.4 is 5.73 Å². The van der Waals surface area contributed by atoms with Crippen molar-refractivity contribution in [2.75, 3.05) is 0 Å². The van der Waals surface area contributed by atoms with Crippen LogP contribution in [-0.2, 0) is 5.75 Å². The second kappa shape index (κ2) is 5.20. The van der Waals surface area contributed by atoms with Gasteiger partial charge in [0, 0.05) is 10.6 Å². The third-order valence-corrected chi connectivity index (χ3v) is 2.86. The van der Waals surface area contributed by atoms with Gasteiger partial charge in [-0.2, -0.15) is 0 Å². The van der Waals surface area contributed by atoms with Crippen molar-refractivity contribution >= 4 is 28.5 Å². The predicted octanol–water partition coefficient (Wildman–Crippen LogP) is 2.52. The molecule has 0 unspecified atom stereocenters. The van der Waals surface area contributed by atoms with E-state index in [1.54, 1.807) is 24.3 Å². The average Bonchev–Trinajstić information content (AvgIpc) is 2.76. The predicted molar refractivity (Wildman–Crippen MR) is 68.0 cm³/mol. The van der Waals surface area contributed by atoms with Crippen LogP contribution >= 0.6 is 23.4 Å². The van der Waals surface area contributed by atoms with Gasteiger partial charge in [-0.25, -0.2) is 0 Å². The first-order chi connectivity index (χ1) is 8.15. The minimum Gasteiger partial charge on any atom is -0.420 e. The zero-order chi connectivity index (χ0) is 12.3. The fourth-order valence-electron chi connectivity index (χ4n) is 1.16. The van der Waals surface area contributed by atoms with E-state index in [4.69, 9.17) is 27.2 Å². The zero-order valence-corrected chi connectivity index (χ0v) is 10.3. The monoisotopic (exact) mass is 268 g/mol. The molecule has 0 atom stereocenters. The lowest BCUT2D eigenvalue weighted by Crippen LogP contribution is -2.03. The number of nitrogens with zero attached hydrogens (tertiary/aromatic N) is 2. The maximum atomic E-state index is 7.07. The van der Waals surface area contributed by atoms with Crippen LogP contribution in [0.3, 0.4) is 0 Å². The first-order valence-electron chi connectivity index (χ1n) is 4.70. The summed E-state index contributed by atoms with van der Waals surface area (Å²) in [4.78, 5) is 0. The Morgan fingerprint density at radius 1 is 1.35 bits per heavy atom. The highest BCUT2D eigenvalue weighted by atomic mass is 35.5. The number of halogens is 1. The quantitative estimate of drug-likeness (QED) is 0.659. The summed E-state index contributed by atoms with van der Waals surface area (Å²) in [6.45, 7) is 0. The van der Waals surface area contributed by atoms with Gasteiger partial charge >= 0.3 is 0 Å². The highest BCUT2D eigenvalue weighted by Gasteiger charge is 2.08. The van der Waals surface area contributed by atoms with E-state index in [0.29, 0.717) is 22.6 Å². The number of thioether (sulfide) groups is 1. The van der Waals surface area contributed by atoms with E-state index in [0.717, 1.165) is 17.3 Å². The van der Waals surface area contributed by atoms with Crippen molar-refractivity contribution in [1.82, 2.24) is 10.2 Å². The van der Waals surface area contributed by atoms with Crippen LogP contribution in [0.15, 0.2) is 28.7 Å². The molecule has 0 saturated carbocycles. The first kappa shape index (κ1) is 11.9. The highest BCUT2D eigenvalue weighted by Crippen LogP contribution is 2.21. The Balaban J connectivity index is 2.12. The van der Waals surface area contributed by atoms with Crippen molar-refractivity contribution in [1.29, 1.82) is 5.41 Å². The van der Waals surface area contributed by atoms with Crippen molar-refractivity contribution in [2.45, 2.75) is 5.75 Å². The molecule has 0 amide bonds. The van der Waals surface area contributed by atoms with E-state index in [2.05, 4.69) is 10.2 Å². The maximum Gasteiger partial charge on any atom is 0.247 e. The zero-order valence-electron chi connectivity index (χ0n) is 8.68. The van der Waals surface area contributed by atoms with E-state index in [9.17, 15) is 0 Å². The minimum absolute atomic E-state index is 0.0243. The number of nitrogens with one attached hydrogen (secondary N) is 1. The summed E-state index contributed by atoms with van der Waals surface area (Å²) in [6, 6.07) is 7.12. The Labute approximate surface area is 107 Å². The molecule has 17 heavy (non-hydrogen) atoms. The van der Waals surface area contributed by atoms with E-state index in [1.165, 1.54) is 0 Å². The number of aromatic nitrogens is 2. The number of hydrogen-bond acceptors (Lipinski definition) is 5. The van der Waals surface area contributed by atoms with Crippen molar-refractivity contribution in [3.8, 4) is 11.5 Å². The second-order valence-electron chi connectivity index (χ2n) is 3.16. The molecule has 0 aliphatic heterocycles. The fraction of sp³-hybridized carbons (Fsp3) is 0.100. The lowest BCUT2D eigenvalue weighted by atomic mass is 10.2. The Bertz CT molecular complexity index is 525. The van der Waals surface area contributed by atoms with Gasteiger partial charge in [0.05, 0.1) is 5.75 Å². The van der Waals surface area contributed by atoms with Crippen LogP contribution in [-0.4, -0.2) is 15.4 Å². The van der Waals surface area contributed by atoms with E-state index >= 15 is 0 Å². The van der Waals surface area contributed by atoms with E-state index in [-0.39, 0.29) is 5.17 Å². The average molecular weight is 269 g/mol. The number of nitrogens with two attached hydrogens (primary N) is 1. The molecule has 2 aromatic rings. The number of hydrogen-bond donors (Lipinski definition) is 2. The van der Waals surface area contributed by atoms with Gasteiger partial charge in [-0.1, -0.05) is 23.4 Å². The van der Waals surface area contributed by atoms with Crippen LogP contribution in [0.5, 0.6) is 0 Å². The summed E-state index contributed by atoms with van der Waals surface area (Å²) in [5.41, 5.74) is 6.02. The molecule has 2 rings (SSSR count). The molecule has 0 aliphatic rings. The smallest absolute Gasteiger partial charge is 0.247 e. The summed E-state index contributed by atoms with van der Waals surface area (Å²) in [7, 11) is 0. The Morgan fingerprint density at radius 2 is 2.06 bits per heavy atom. The molecule has 0 aliphatic carbocycles. The van der Waals surface area contributed by atoms with Gasteiger partial charge in [-0.3, -0.25) is 5.41 Å². The molecule has 5 nitrogen and oxygen atoms in total. The largest absolute Gasteiger partial charge is 0.420 e. The second-order valence-corrected chi connectivity index (χ2v) is 4.61. The summed E-state index contributed by atoms with van der Waals surface area (Å²) < 4.78 is 5.42. The summed E-state index contributed by atoms with van der Waals surface area (Å²) in [5, 5.41) is 15.5. The summed E-state index contributed by atoms with van der Waals surface area (Å²) in [5.74, 6) is 1.27. The Morgan fingerprint density at radius 3 is 2.71 bits per heavy atom. The number of amidine groups is 1. The van der Waals surface area contributed by atoms with Crippen molar-refractivity contribution < 1.29 is 4.42 Å². The van der Waals surface area contributed by atoms with Crippen molar-refractivity contribution in [3.63, 3.8) is 0 Å². The van der Waals surface area contributed by atoms with Crippen LogP contribution in [0.1, 0.15) is 5.89 Å². The molecular weight excluding hydrogens is 260 g/mol. The fourth-order valence-corrected chi connectivity index (χ4v) is 1.68. The SMILES string of the molecule is N=C(N)SCc1nnc(-c2ccc(Cl)cc2)o1. The van der Waals surface area contributed by atoms with Crippen molar-refractivity contribution in [2.24, 2.45) is 5.73 Å². The molecule has 0 saturated heterocycles. The van der Waals surface area contributed by atoms with E-state index < -0.39 is 0 Å². The molecule has 0 spiro atoms. The molecule has 88 valence electrons. The molecule has 3 N–H and O–H groups in total. The standard InChI is InChI=1S/C10H9ClN4OS/c11-7-3-1-6(2-4-7)9-15-14-8(16-9)5-17-10(12)13/h1-4H,5H2,(H3,12,13).